The quantitative estimate of drug-likeness (QED) is 0.625. The van der Waals surface area contributed by atoms with Gasteiger partial charge in [0.05, 0.1) is 18.1 Å². The minimum Gasteiger partial charge on any atom is -0.508 e. The first-order valence-corrected chi connectivity index (χ1v) is 8.65. The number of phenols is 1. The van der Waals surface area contributed by atoms with E-state index in [1.54, 1.807) is 43.3 Å². The van der Waals surface area contributed by atoms with Crippen LogP contribution >= 0.6 is 0 Å². The molecular formula is C20H20N2O5. The van der Waals surface area contributed by atoms with Crippen molar-refractivity contribution in [3.63, 3.8) is 0 Å². The third-order valence-corrected chi connectivity index (χ3v) is 4.32. The number of amides is 2. The van der Waals surface area contributed by atoms with Gasteiger partial charge in [0, 0.05) is 24.3 Å². The van der Waals surface area contributed by atoms with Gasteiger partial charge in [-0.1, -0.05) is 0 Å². The maximum absolute atomic E-state index is 12.4. The number of carbonyl (C=O) groups excluding carboxylic acids is 3. The summed E-state index contributed by atoms with van der Waals surface area (Å²) >= 11 is 0. The molecule has 1 saturated heterocycles. The molecule has 140 valence electrons. The zero-order valence-corrected chi connectivity index (χ0v) is 14.8. The van der Waals surface area contributed by atoms with Crippen molar-refractivity contribution in [1.29, 1.82) is 0 Å². The van der Waals surface area contributed by atoms with E-state index in [-0.39, 0.29) is 30.5 Å². The van der Waals surface area contributed by atoms with Gasteiger partial charge in [-0.25, -0.2) is 4.79 Å². The molecule has 0 spiro atoms. The van der Waals surface area contributed by atoms with Gasteiger partial charge in [-0.05, 0) is 55.5 Å². The van der Waals surface area contributed by atoms with Crippen LogP contribution in [-0.2, 0) is 14.3 Å². The lowest BCUT2D eigenvalue weighted by Crippen LogP contribution is -2.28. The van der Waals surface area contributed by atoms with Crippen LogP contribution in [0.1, 0.15) is 23.7 Å². The van der Waals surface area contributed by atoms with E-state index in [1.165, 1.54) is 17.0 Å². The van der Waals surface area contributed by atoms with Crippen molar-refractivity contribution in [2.75, 3.05) is 23.4 Å². The number of aromatic hydroxyl groups is 1. The molecule has 0 aromatic heterocycles. The number of esters is 1. The Labute approximate surface area is 156 Å². The molecule has 2 N–H and O–H groups in total. The number of rotatable bonds is 5. The summed E-state index contributed by atoms with van der Waals surface area (Å²) < 4.78 is 4.94. The summed E-state index contributed by atoms with van der Waals surface area (Å²) in [6.45, 7) is 2.29. The van der Waals surface area contributed by atoms with Gasteiger partial charge in [0.15, 0.2) is 0 Å². The molecule has 1 fully saturated rings. The van der Waals surface area contributed by atoms with Gasteiger partial charge >= 0.3 is 5.97 Å². The minimum atomic E-state index is -0.476. The normalized spacial score (nSPS) is 16.3. The Hall–Kier alpha value is -3.35. The minimum absolute atomic E-state index is 0.112. The molecule has 0 aliphatic carbocycles. The van der Waals surface area contributed by atoms with Crippen molar-refractivity contribution in [2.45, 2.75) is 13.3 Å². The number of benzene rings is 2. The molecule has 2 amide bonds. The van der Waals surface area contributed by atoms with Gasteiger partial charge in [-0.15, -0.1) is 0 Å². The number of anilines is 2. The van der Waals surface area contributed by atoms with Crippen LogP contribution in [0.2, 0.25) is 0 Å². The van der Waals surface area contributed by atoms with E-state index in [0.717, 1.165) is 0 Å². The van der Waals surface area contributed by atoms with Crippen LogP contribution in [0, 0.1) is 5.92 Å². The van der Waals surface area contributed by atoms with E-state index in [9.17, 15) is 19.5 Å². The number of carbonyl (C=O) groups is 3. The van der Waals surface area contributed by atoms with Crippen molar-refractivity contribution in [1.82, 2.24) is 0 Å². The largest absolute Gasteiger partial charge is 0.508 e. The monoisotopic (exact) mass is 368 g/mol. The Kier molecular flexibility index (Phi) is 5.40. The van der Waals surface area contributed by atoms with Gasteiger partial charge in [0.1, 0.15) is 5.75 Å². The lowest BCUT2D eigenvalue weighted by molar-refractivity contribution is -0.122. The Morgan fingerprint density at radius 2 is 1.81 bits per heavy atom. The first-order chi connectivity index (χ1) is 13.0. The molecular weight excluding hydrogens is 348 g/mol. The highest BCUT2D eigenvalue weighted by Gasteiger charge is 2.35. The summed E-state index contributed by atoms with van der Waals surface area (Å²) in [6.07, 6.45) is 0.115. The molecule has 2 aromatic rings. The van der Waals surface area contributed by atoms with Crippen LogP contribution in [0.4, 0.5) is 11.4 Å². The highest BCUT2D eigenvalue weighted by atomic mass is 16.5. The van der Waals surface area contributed by atoms with E-state index in [1.807, 2.05) is 0 Å². The second-order valence-corrected chi connectivity index (χ2v) is 6.21. The van der Waals surface area contributed by atoms with Crippen LogP contribution in [-0.4, -0.2) is 36.0 Å². The van der Waals surface area contributed by atoms with Crippen molar-refractivity contribution in [2.24, 2.45) is 5.92 Å². The van der Waals surface area contributed by atoms with Gasteiger partial charge < -0.3 is 20.1 Å². The SMILES string of the molecule is CCOC(=O)c1ccc(N2C[C@H](C(=O)Nc3ccc(O)cc3)CC2=O)cc1. The molecule has 0 bridgehead atoms. The van der Waals surface area contributed by atoms with Crippen LogP contribution < -0.4 is 10.2 Å². The maximum Gasteiger partial charge on any atom is 0.338 e. The smallest absolute Gasteiger partial charge is 0.338 e. The summed E-state index contributed by atoms with van der Waals surface area (Å²) in [7, 11) is 0. The van der Waals surface area contributed by atoms with E-state index in [0.29, 0.717) is 23.5 Å². The molecule has 1 atom stereocenters. The predicted octanol–water partition coefficient (Wildman–Crippen LogP) is 2.56. The summed E-state index contributed by atoms with van der Waals surface area (Å²) in [5.74, 6) is -1.18. The Bertz CT molecular complexity index is 846. The Balaban J connectivity index is 1.65. The van der Waals surface area contributed by atoms with Crippen LogP contribution in [0.3, 0.4) is 0 Å². The van der Waals surface area contributed by atoms with Gasteiger partial charge in [0.25, 0.3) is 0 Å². The molecule has 0 radical (unpaired) electrons. The molecule has 7 heteroatoms. The fraction of sp³-hybridized carbons (Fsp3) is 0.250. The molecule has 1 aliphatic rings. The highest BCUT2D eigenvalue weighted by molar-refractivity contribution is 6.03. The van der Waals surface area contributed by atoms with Crippen molar-refractivity contribution < 1.29 is 24.2 Å². The van der Waals surface area contributed by atoms with E-state index < -0.39 is 11.9 Å². The van der Waals surface area contributed by atoms with E-state index in [2.05, 4.69) is 5.32 Å². The third kappa shape index (κ3) is 4.25. The number of nitrogens with zero attached hydrogens (tertiary/aromatic N) is 1. The lowest BCUT2D eigenvalue weighted by Gasteiger charge is -2.17. The predicted molar refractivity (Wildman–Crippen MR) is 99.6 cm³/mol. The fourth-order valence-corrected chi connectivity index (χ4v) is 2.91. The topological polar surface area (TPSA) is 95.9 Å². The Morgan fingerprint density at radius 3 is 2.44 bits per heavy atom. The molecule has 3 rings (SSSR count). The first kappa shape index (κ1) is 18.4. The molecule has 7 nitrogen and oxygen atoms in total. The number of hydrogen-bond donors (Lipinski definition) is 2. The number of phenolic OH excluding ortho intramolecular Hbond substituents is 1. The van der Waals surface area contributed by atoms with Crippen molar-refractivity contribution >= 4 is 29.2 Å². The van der Waals surface area contributed by atoms with Crippen LogP contribution in [0.15, 0.2) is 48.5 Å². The molecule has 0 saturated carbocycles. The average molecular weight is 368 g/mol. The first-order valence-electron chi connectivity index (χ1n) is 8.65. The van der Waals surface area contributed by atoms with Gasteiger partial charge in [-0.2, -0.15) is 0 Å². The zero-order valence-electron chi connectivity index (χ0n) is 14.8. The van der Waals surface area contributed by atoms with Crippen molar-refractivity contribution in [3.8, 4) is 5.75 Å². The summed E-state index contributed by atoms with van der Waals surface area (Å²) in [5.41, 5.74) is 1.60. The van der Waals surface area contributed by atoms with Crippen LogP contribution in [0.5, 0.6) is 5.75 Å². The third-order valence-electron chi connectivity index (χ3n) is 4.32. The molecule has 1 heterocycles. The van der Waals surface area contributed by atoms with Gasteiger partial charge in [0.2, 0.25) is 11.8 Å². The second kappa shape index (κ2) is 7.90. The fourth-order valence-electron chi connectivity index (χ4n) is 2.91. The highest BCUT2D eigenvalue weighted by Crippen LogP contribution is 2.26. The van der Waals surface area contributed by atoms with Gasteiger partial charge in [-0.3, -0.25) is 9.59 Å². The zero-order chi connectivity index (χ0) is 19.4. The maximum atomic E-state index is 12.4. The Morgan fingerprint density at radius 1 is 1.15 bits per heavy atom. The molecule has 27 heavy (non-hydrogen) atoms. The average Bonchev–Trinajstić information content (AvgIpc) is 3.06. The lowest BCUT2D eigenvalue weighted by atomic mass is 10.1. The summed E-state index contributed by atoms with van der Waals surface area (Å²) in [6, 6.07) is 12.7. The van der Waals surface area contributed by atoms with Crippen molar-refractivity contribution in [3.05, 3.63) is 54.1 Å². The number of hydrogen-bond acceptors (Lipinski definition) is 5. The molecule has 0 unspecified atom stereocenters. The second-order valence-electron chi connectivity index (χ2n) is 6.21. The van der Waals surface area contributed by atoms with E-state index >= 15 is 0 Å². The number of ether oxygens (including phenoxy) is 1. The molecule has 2 aromatic carbocycles. The summed E-state index contributed by atoms with van der Waals surface area (Å²) in [5, 5.41) is 12.0. The van der Waals surface area contributed by atoms with E-state index in [4.69, 9.17) is 4.74 Å². The standard InChI is InChI=1S/C20H20N2O5/c1-2-27-20(26)13-3-7-16(8-4-13)22-12-14(11-18(22)24)19(25)21-15-5-9-17(23)10-6-15/h3-10,14,23H,2,11-12H2,1H3,(H,21,25)/t14-/m1/s1. The molecule has 1 aliphatic heterocycles. The number of nitrogens with one attached hydrogen (secondary N) is 1. The summed E-state index contributed by atoms with van der Waals surface area (Å²) in [4.78, 5) is 38.0. The van der Waals surface area contributed by atoms with Crippen LogP contribution in [0.25, 0.3) is 0 Å².